The van der Waals surface area contributed by atoms with Gasteiger partial charge in [-0.25, -0.2) is 14.8 Å². The van der Waals surface area contributed by atoms with E-state index in [-0.39, 0.29) is 34.8 Å². The number of carbonyl (C=O) groups excluding carboxylic acids is 1. The third kappa shape index (κ3) is 6.29. The summed E-state index contributed by atoms with van der Waals surface area (Å²) in [5.41, 5.74) is -0.754. The van der Waals surface area contributed by atoms with E-state index in [4.69, 9.17) is 11.6 Å². The number of thiophene rings is 1. The van der Waals surface area contributed by atoms with Gasteiger partial charge in [-0.3, -0.25) is 9.36 Å². The minimum Gasteiger partial charge on any atom is -0.352 e. The van der Waals surface area contributed by atoms with Crippen LogP contribution < -0.4 is 10.6 Å². The second-order valence-electron chi connectivity index (χ2n) is 10.2. The highest BCUT2D eigenvalue weighted by molar-refractivity contribution is 7.99. The summed E-state index contributed by atoms with van der Waals surface area (Å²) >= 11 is 8.58. The molecule has 6 rings (SSSR count). The number of aryl methyl sites for hydroxylation is 1. The number of alkyl halides is 3. The molecule has 8 nitrogen and oxygen atoms in total. The van der Waals surface area contributed by atoms with Crippen LogP contribution in [0.4, 0.5) is 19.0 Å². The van der Waals surface area contributed by atoms with E-state index in [2.05, 4.69) is 21.5 Å². The minimum atomic E-state index is -4.64. The predicted octanol–water partition coefficient (Wildman–Crippen LogP) is 6.38. The van der Waals surface area contributed by atoms with Crippen molar-refractivity contribution in [1.29, 1.82) is 0 Å². The van der Waals surface area contributed by atoms with Crippen LogP contribution in [0.15, 0.2) is 64.6 Å². The summed E-state index contributed by atoms with van der Waals surface area (Å²) in [5, 5.41) is 2.25. The number of piperazine rings is 1. The van der Waals surface area contributed by atoms with Crippen molar-refractivity contribution in [2.24, 2.45) is 0 Å². The van der Waals surface area contributed by atoms with E-state index in [9.17, 15) is 22.8 Å². The van der Waals surface area contributed by atoms with Crippen molar-refractivity contribution in [2.75, 3.05) is 23.7 Å². The lowest BCUT2D eigenvalue weighted by atomic mass is 10.0. The summed E-state index contributed by atoms with van der Waals surface area (Å²) in [4.78, 5) is 41.7. The predicted molar refractivity (Wildman–Crippen MR) is 165 cm³/mol. The zero-order valence-corrected chi connectivity index (χ0v) is 25.7. The molecule has 226 valence electrons. The number of halogens is 4. The van der Waals surface area contributed by atoms with Crippen LogP contribution in [0.5, 0.6) is 0 Å². The highest BCUT2D eigenvalue weighted by Crippen LogP contribution is 2.49. The normalized spacial score (nSPS) is 18.6. The molecule has 2 aliphatic rings. The fourth-order valence-electron chi connectivity index (χ4n) is 5.58. The summed E-state index contributed by atoms with van der Waals surface area (Å²) in [5.74, 6) is 0.566. The van der Waals surface area contributed by atoms with Crippen LogP contribution in [-0.4, -0.2) is 61.3 Å². The van der Waals surface area contributed by atoms with Crippen molar-refractivity contribution in [3.8, 4) is 10.4 Å². The summed E-state index contributed by atoms with van der Waals surface area (Å²) in [7, 11) is 0. The van der Waals surface area contributed by atoms with Gasteiger partial charge in [0.25, 0.3) is 0 Å². The third-order valence-corrected chi connectivity index (χ3v) is 9.69. The van der Waals surface area contributed by atoms with Crippen molar-refractivity contribution in [3.05, 3.63) is 76.0 Å². The van der Waals surface area contributed by atoms with Crippen molar-refractivity contribution >= 4 is 57.3 Å². The quantitative estimate of drug-likeness (QED) is 0.238. The molecule has 4 aromatic rings. The van der Waals surface area contributed by atoms with Crippen LogP contribution in [0.3, 0.4) is 0 Å². The molecule has 1 fully saturated rings. The summed E-state index contributed by atoms with van der Waals surface area (Å²) < 4.78 is 45.2. The molecule has 0 saturated carbocycles. The molecule has 2 aliphatic heterocycles. The maximum atomic E-state index is 14.6. The molecular weight excluding hydrogens is 621 g/mol. The van der Waals surface area contributed by atoms with E-state index in [1.165, 1.54) is 34.8 Å². The number of thioether (sulfide) groups is 1. The van der Waals surface area contributed by atoms with Gasteiger partial charge in [-0.15, -0.1) is 23.1 Å². The van der Waals surface area contributed by atoms with Gasteiger partial charge < -0.3 is 9.80 Å². The van der Waals surface area contributed by atoms with Crippen LogP contribution in [0.2, 0.25) is 5.02 Å². The molecule has 2 atom stereocenters. The summed E-state index contributed by atoms with van der Waals surface area (Å²) in [6, 6.07) is 3.93. The Balaban J connectivity index is 0.000000548. The zero-order valence-electron chi connectivity index (χ0n) is 23.3. The van der Waals surface area contributed by atoms with Gasteiger partial charge in [0.1, 0.15) is 12.1 Å². The monoisotopic (exact) mass is 648 g/mol. The Hall–Kier alpha value is -3.42. The second kappa shape index (κ2) is 12.7. The van der Waals surface area contributed by atoms with Gasteiger partial charge in [0, 0.05) is 70.2 Å². The molecule has 2 unspecified atom stereocenters. The molecule has 43 heavy (non-hydrogen) atoms. The number of rotatable bonds is 3. The molecule has 1 aromatic carbocycles. The summed E-state index contributed by atoms with van der Waals surface area (Å²) in [6.45, 7) is 8.31. The van der Waals surface area contributed by atoms with Gasteiger partial charge in [0.15, 0.2) is 0 Å². The van der Waals surface area contributed by atoms with Gasteiger partial charge in [-0.1, -0.05) is 18.2 Å². The van der Waals surface area contributed by atoms with Gasteiger partial charge in [-0.2, -0.15) is 18.2 Å². The SMILES string of the molecule is C=CC(=O)N1C(C)CN(c2nc(=O)n3c4c(c(-c5cc(Cl)cs5)c(C(F)(F)F)cc24)SCCC3)CC1C.c1cncnc1. The Labute approximate surface area is 259 Å². The number of benzene rings is 1. The first-order chi connectivity index (χ1) is 20.5. The second-order valence-corrected chi connectivity index (χ2v) is 12.6. The highest BCUT2D eigenvalue weighted by atomic mass is 35.5. The lowest BCUT2D eigenvalue weighted by Crippen LogP contribution is -2.58. The number of anilines is 1. The number of carbonyl (C=O) groups is 1. The Bertz CT molecular complexity index is 1670. The molecule has 0 spiro atoms. The molecule has 1 saturated heterocycles. The molecule has 1 amide bonds. The lowest BCUT2D eigenvalue weighted by Gasteiger charge is -2.44. The van der Waals surface area contributed by atoms with Crippen LogP contribution in [-0.2, 0) is 17.5 Å². The van der Waals surface area contributed by atoms with E-state index in [1.54, 1.807) is 28.7 Å². The standard InChI is InChI=1S/C25H24ClF3N4O2S2.C4H4N2/c1-4-19(34)33-13(2)10-31(11-14(33)3)23-16-9-17(25(27,28)29)20(18-8-15(26)12-37-18)22-21(16)32(24(35)30-23)6-5-7-36-22;1-2-5-4-6-3-1/h4,8-9,12-14H,1,5-7,10-11H2,2-3H3;1-4H. The van der Waals surface area contributed by atoms with Crippen molar-refractivity contribution < 1.29 is 18.0 Å². The Morgan fingerprint density at radius 1 is 1.16 bits per heavy atom. The Morgan fingerprint density at radius 2 is 1.86 bits per heavy atom. The molecule has 0 radical (unpaired) electrons. The third-order valence-electron chi connectivity index (χ3n) is 7.22. The van der Waals surface area contributed by atoms with E-state index in [0.717, 1.165) is 17.4 Å². The summed E-state index contributed by atoms with van der Waals surface area (Å²) in [6.07, 6.45) is 2.11. The van der Waals surface area contributed by atoms with Crippen molar-refractivity contribution in [1.82, 2.24) is 24.4 Å². The molecule has 0 bridgehead atoms. The average molecular weight is 649 g/mol. The van der Waals surface area contributed by atoms with Gasteiger partial charge in [-0.05, 0) is 50.3 Å². The Kier molecular flexibility index (Phi) is 9.14. The largest absolute Gasteiger partial charge is 0.417 e. The van der Waals surface area contributed by atoms with E-state index in [1.807, 2.05) is 18.7 Å². The first kappa shape index (κ1) is 31.0. The number of amides is 1. The van der Waals surface area contributed by atoms with Crippen LogP contribution in [0, 0.1) is 0 Å². The Morgan fingerprint density at radius 3 is 2.40 bits per heavy atom. The molecule has 0 aliphatic carbocycles. The van der Waals surface area contributed by atoms with Gasteiger partial charge in [0.05, 0.1) is 16.1 Å². The first-order valence-corrected chi connectivity index (χ1v) is 15.7. The zero-order chi connectivity index (χ0) is 30.9. The highest BCUT2D eigenvalue weighted by Gasteiger charge is 2.39. The van der Waals surface area contributed by atoms with Gasteiger partial charge >= 0.3 is 11.9 Å². The number of aromatic nitrogens is 4. The molecular formula is C29H28ClF3N6O2S2. The maximum absolute atomic E-state index is 14.6. The number of hydrogen-bond acceptors (Lipinski definition) is 8. The smallest absolute Gasteiger partial charge is 0.352 e. The first-order valence-electron chi connectivity index (χ1n) is 13.5. The lowest BCUT2D eigenvalue weighted by molar-refractivity contribution is -0.137. The maximum Gasteiger partial charge on any atom is 0.417 e. The number of nitrogens with zero attached hydrogens (tertiary/aromatic N) is 6. The van der Waals surface area contributed by atoms with Crippen molar-refractivity contribution in [3.63, 3.8) is 0 Å². The molecule has 5 heterocycles. The van der Waals surface area contributed by atoms with Crippen LogP contribution in [0.25, 0.3) is 21.3 Å². The topological polar surface area (TPSA) is 84.2 Å². The number of hydrogen-bond donors (Lipinski definition) is 0. The van der Waals surface area contributed by atoms with E-state index < -0.39 is 17.4 Å². The van der Waals surface area contributed by atoms with Crippen LogP contribution >= 0.6 is 34.7 Å². The van der Waals surface area contributed by atoms with E-state index >= 15 is 0 Å². The fraction of sp³-hybridized carbons (Fsp3) is 0.345. The van der Waals surface area contributed by atoms with Crippen LogP contribution in [0.1, 0.15) is 25.8 Å². The molecule has 0 N–H and O–H groups in total. The minimum absolute atomic E-state index is 0.0530. The van der Waals surface area contributed by atoms with Crippen molar-refractivity contribution in [2.45, 2.75) is 50.0 Å². The average Bonchev–Trinajstić information content (AvgIpc) is 3.28. The van der Waals surface area contributed by atoms with Gasteiger partial charge in [0.2, 0.25) is 5.91 Å². The molecule has 3 aromatic heterocycles. The molecule has 14 heteroatoms. The van der Waals surface area contributed by atoms with E-state index in [0.29, 0.717) is 52.1 Å². The fourth-order valence-corrected chi connectivity index (χ4v) is 7.98.